The summed E-state index contributed by atoms with van der Waals surface area (Å²) >= 11 is 3.38. The van der Waals surface area contributed by atoms with Gasteiger partial charge in [-0.15, -0.1) is 0 Å². The van der Waals surface area contributed by atoms with Crippen LogP contribution in [0, 0.1) is 11.3 Å². The lowest BCUT2D eigenvalue weighted by Crippen LogP contribution is -2.37. The van der Waals surface area contributed by atoms with Crippen molar-refractivity contribution >= 4 is 24.2 Å². The molecule has 1 unspecified atom stereocenters. The Morgan fingerprint density at radius 2 is 1.75 bits per heavy atom. The van der Waals surface area contributed by atoms with E-state index in [0.29, 0.717) is 0 Å². The van der Waals surface area contributed by atoms with Crippen molar-refractivity contribution in [1.82, 2.24) is 0 Å². The van der Waals surface area contributed by atoms with Crippen LogP contribution >= 0.6 is 15.9 Å². The van der Waals surface area contributed by atoms with Crippen LogP contribution < -0.4 is 0 Å². The van der Waals surface area contributed by atoms with Crippen molar-refractivity contribution in [1.29, 1.82) is 5.26 Å². The topological polar surface area (TPSA) is 33.0 Å². The summed E-state index contributed by atoms with van der Waals surface area (Å²) in [4.78, 5) is 0. The van der Waals surface area contributed by atoms with E-state index < -0.39 is 13.9 Å². The molecule has 4 heteroatoms. The van der Waals surface area contributed by atoms with Crippen molar-refractivity contribution in [3.8, 4) is 6.07 Å². The Kier molecular flexibility index (Phi) is 3.95. The number of hydrogen-bond donors (Lipinski definition) is 0. The molecule has 1 rings (SSSR count). The Morgan fingerprint density at radius 3 is 2.12 bits per heavy atom. The largest absolute Gasteiger partial charge is 0.397 e. The van der Waals surface area contributed by atoms with Crippen LogP contribution in [-0.2, 0) is 10.0 Å². The van der Waals surface area contributed by atoms with Crippen LogP contribution in [-0.4, -0.2) is 8.32 Å². The summed E-state index contributed by atoms with van der Waals surface area (Å²) in [6.07, 6.45) is 0. The summed E-state index contributed by atoms with van der Waals surface area (Å²) < 4.78 is 6.97. The molecule has 0 aliphatic rings. The van der Waals surface area contributed by atoms with Gasteiger partial charge in [0.1, 0.15) is 6.07 Å². The molecule has 0 N–H and O–H groups in total. The first kappa shape index (κ1) is 13.4. The molecule has 0 spiro atoms. The third-order valence-corrected chi connectivity index (χ3v) is 3.67. The quantitative estimate of drug-likeness (QED) is 0.789. The van der Waals surface area contributed by atoms with Crippen molar-refractivity contribution in [3.63, 3.8) is 0 Å². The molecule has 2 nitrogen and oxygen atoms in total. The molecule has 1 atom stereocenters. The lowest BCUT2D eigenvalue weighted by molar-refractivity contribution is 0.141. The molecular weight excluding hydrogens is 282 g/mol. The number of rotatable bonds is 3. The van der Waals surface area contributed by atoms with Crippen molar-refractivity contribution in [2.75, 3.05) is 0 Å². The van der Waals surface area contributed by atoms with Gasteiger partial charge in [-0.05, 0) is 44.3 Å². The van der Waals surface area contributed by atoms with Gasteiger partial charge in [-0.1, -0.05) is 28.1 Å². The van der Waals surface area contributed by atoms with Crippen LogP contribution in [0.25, 0.3) is 0 Å². The third kappa shape index (κ3) is 3.44. The Bertz CT molecular complexity index is 405. The van der Waals surface area contributed by atoms with Gasteiger partial charge in [-0.2, -0.15) is 5.26 Å². The standard InChI is InChI=1S/C12H16BrNOSi/c1-12(9-14,15-16(2,3)4)10-5-7-11(13)8-6-10/h5-8H,1-4H3. The maximum Gasteiger partial charge on any atom is 0.186 e. The van der Waals surface area contributed by atoms with E-state index in [0.717, 1.165) is 10.0 Å². The minimum absolute atomic E-state index is 0.842. The summed E-state index contributed by atoms with van der Waals surface area (Å²) in [6, 6.07) is 9.97. The average Bonchev–Trinajstić information content (AvgIpc) is 2.16. The fraction of sp³-hybridized carbons (Fsp3) is 0.417. The molecule has 86 valence electrons. The SMILES string of the molecule is CC(C#N)(O[Si](C)(C)C)c1ccc(Br)cc1. The van der Waals surface area contributed by atoms with Crippen molar-refractivity contribution in [3.05, 3.63) is 34.3 Å². The summed E-state index contributed by atoms with van der Waals surface area (Å²) in [5, 5.41) is 9.31. The molecule has 0 saturated heterocycles. The molecule has 0 aromatic heterocycles. The van der Waals surface area contributed by atoms with E-state index in [1.54, 1.807) is 0 Å². The van der Waals surface area contributed by atoms with E-state index in [1.807, 2.05) is 31.2 Å². The van der Waals surface area contributed by atoms with Crippen molar-refractivity contribution in [2.24, 2.45) is 0 Å². The highest BCUT2D eigenvalue weighted by Crippen LogP contribution is 2.29. The maximum absolute atomic E-state index is 9.31. The summed E-state index contributed by atoms with van der Waals surface area (Å²) in [5.74, 6) is 0. The van der Waals surface area contributed by atoms with Gasteiger partial charge in [0.25, 0.3) is 0 Å². The van der Waals surface area contributed by atoms with E-state index in [1.165, 1.54) is 0 Å². The second-order valence-electron chi connectivity index (χ2n) is 4.87. The van der Waals surface area contributed by atoms with Gasteiger partial charge < -0.3 is 4.43 Å². The molecular formula is C12H16BrNOSi. The van der Waals surface area contributed by atoms with Gasteiger partial charge in [-0.25, -0.2) is 0 Å². The van der Waals surface area contributed by atoms with E-state index in [9.17, 15) is 5.26 Å². The fourth-order valence-electron chi connectivity index (χ4n) is 1.53. The number of hydrogen-bond acceptors (Lipinski definition) is 2. The highest BCUT2D eigenvalue weighted by Gasteiger charge is 2.33. The van der Waals surface area contributed by atoms with Gasteiger partial charge in [0.15, 0.2) is 13.9 Å². The first-order chi connectivity index (χ1) is 7.27. The molecule has 0 heterocycles. The van der Waals surface area contributed by atoms with E-state index >= 15 is 0 Å². The van der Waals surface area contributed by atoms with Crippen LogP contribution in [0.2, 0.25) is 19.6 Å². The summed E-state index contributed by atoms with van der Waals surface area (Å²) in [5.41, 5.74) is 0.0613. The zero-order chi connectivity index (χ0) is 12.4. The number of nitriles is 1. The van der Waals surface area contributed by atoms with E-state index in [4.69, 9.17) is 4.43 Å². The van der Waals surface area contributed by atoms with Gasteiger partial charge in [-0.3, -0.25) is 0 Å². The predicted molar refractivity (Wildman–Crippen MR) is 71.5 cm³/mol. The van der Waals surface area contributed by atoms with Gasteiger partial charge >= 0.3 is 0 Å². The fourth-order valence-corrected chi connectivity index (χ4v) is 3.18. The number of nitrogens with zero attached hydrogens (tertiary/aromatic N) is 1. The first-order valence-corrected chi connectivity index (χ1v) is 9.34. The van der Waals surface area contributed by atoms with Crippen LogP contribution in [0.15, 0.2) is 28.7 Å². The molecule has 0 aliphatic carbocycles. The predicted octanol–water partition coefficient (Wildman–Crippen LogP) is 4.04. The smallest absolute Gasteiger partial charge is 0.186 e. The number of benzene rings is 1. The van der Waals surface area contributed by atoms with Gasteiger partial charge in [0, 0.05) is 4.47 Å². The van der Waals surface area contributed by atoms with Crippen LogP contribution in [0.4, 0.5) is 0 Å². The minimum Gasteiger partial charge on any atom is -0.397 e. The summed E-state index contributed by atoms with van der Waals surface area (Å²) in [6.45, 7) is 8.08. The van der Waals surface area contributed by atoms with Gasteiger partial charge in [0.2, 0.25) is 0 Å². The molecule has 1 aromatic rings. The highest BCUT2D eigenvalue weighted by atomic mass is 79.9. The number of halogens is 1. The van der Waals surface area contributed by atoms with Crippen LogP contribution in [0.1, 0.15) is 12.5 Å². The molecule has 0 fully saturated rings. The Morgan fingerprint density at radius 1 is 1.25 bits per heavy atom. The lowest BCUT2D eigenvalue weighted by atomic mass is 9.98. The molecule has 16 heavy (non-hydrogen) atoms. The summed E-state index contributed by atoms with van der Waals surface area (Å²) in [7, 11) is -1.74. The zero-order valence-corrected chi connectivity index (χ0v) is 12.6. The minimum atomic E-state index is -1.74. The average molecular weight is 298 g/mol. The molecule has 0 amide bonds. The third-order valence-electron chi connectivity index (χ3n) is 2.12. The first-order valence-electron chi connectivity index (χ1n) is 5.14. The zero-order valence-electron chi connectivity index (χ0n) is 10.0. The second kappa shape index (κ2) is 4.70. The van der Waals surface area contributed by atoms with E-state index in [2.05, 4.69) is 41.6 Å². The normalized spacial score (nSPS) is 15.2. The Balaban J connectivity index is 3.06. The molecule has 0 radical (unpaired) electrons. The lowest BCUT2D eigenvalue weighted by Gasteiger charge is -2.30. The van der Waals surface area contributed by atoms with Crippen LogP contribution in [0.3, 0.4) is 0 Å². The van der Waals surface area contributed by atoms with E-state index in [-0.39, 0.29) is 0 Å². The second-order valence-corrected chi connectivity index (χ2v) is 10.2. The molecule has 0 saturated carbocycles. The molecule has 0 aliphatic heterocycles. The molecule has 1 aromatic carbocycles. The highest BCUT2D eigenvalue weighted by molar-refractivity contribution is 9.10. The Labute approximate surface area is 106 Å². The monoisotopic (exact) mass is 297 g/mol. The van der Waals surface area contributed by atoms with Crippen LogP contribution in [0.5, 0.6) is 0 Å². The molecule has 0 bridgehead atoms. The van der Waals surface area contributed by atoms with Crippen molar-refractivity contribution in [2.45, 2.75) is 32.2 Å². The maximum atomic E-state index is 9.31. The Hall–Kier alpha value is -0.633. The van der Waals surface area contributed by atoms with Crippen molar-refractivity contribution < 1.29 is 4.43 Å². The van der Waals surface area contributed by atoms with Gasteiger partial charge in [0.05, 0.1) is 0 Å².